The molecule has 1 fully saturated rings. The third-order valence-electron chi connectivity index (χ3n) is 5.38. The summed E-state index contributed by atoms with van der Waals surface area (Å²) in [6.07, 6.45) is 17.6. The van der Waals surface area contributed by atoms with Crippen LogP contribution in [-0.4, -0.2) is 61.4 Å². The summed E-state index contributed by atoms with van der Waals surface area (Å²) in [7, 11) is 0. The van der Waals surface area contributed by atoms with Gasteiger partial charge < -0.3 is 9.22 Å². The van der Waals surface area contributed by atoms with Gasteiger partial charge >= 0.3 is 6.09 Å². The minimum atomic E-state index is -0.177. The zero-order chi connectivity index (χ0) is 18.4. The molecule has 0 saturated carbocycles. The summed E-state index contributed by atoms with van der Waals surface area (Å²) in [4.78, 5) is 13.7. The van der Waals surface area contributed by atoms with Crippen LogP contribution in [0.4, 0.5) is 4.79 Å². The van der Waals surface area contributed by atoms with E-state index in [1.807, 2.05) is 11.8 Å². The van der Waals surface area contributed by atoms with Crippen LogP contribution in [0.3, 0.4) is 0 Å². The van der Waals surface area contributed by atoms with Crippen molar-refractivity contribution in [3.8, 4) is 12.3 Å². The number of carbonyl (C=O) groups is 1. The van der Waals surface area contributed by atoms with Gasteiger partial charge in [-0.15, -0.1) is 6.42 Å². The molecule has 0 spiro atoms. The fourth-order valence-electron chi connectivity index (χ4n) is 3.70. The van der Waals surface area contributed by atoms with Gasteiger partial charge in [-0.05, 0) is 25.7 Å². The second-order valence-corrected chi connectivity index (χ2v) is 7.39. The first-order valence-electron chi connectivity index (χ1n) is 10.4. The first-order chi connectivity index (χ1) is 12.2. The molecule has 0 aromatic heterocycles. The zero-order valence-electron chi connectivity index (χ0n) is 16.6. The summed E-state index contributed by atoms with van der Waals surface area (Å²) in [5.74, 6) is 2.87. The molecule has 0 bridgehead atoms. The predicted molar refractivity (Wildman–Crippen MR) is 104 cm³/mol. The van der Waals surface area contributed by atoms with Crippen molar-refractivity contribution in [2.75, 3.05) is 45.9 Å². The molecule has 1 saturated heterocycles. The van der Waals surface area contributed by atoms with E-state index in [0.717, 1.165) is 43.8 Å². The Morgan fingerprint density at radius 3 is 2.08 bits per heavy atom. The second kappa shape index (κ2) is 13.1. The van der Waals surface area contributed by atoms with Crippen molar-refractivity contribution in [2.24, 2.45) is 0 Å². The number of terminal acetylenes is 1. The molecule has 4 nitrogen and oxygen atoms in total. The van der Waals surface area contributed by atoms with Gasteiger partial charge in [0, 0.05) is 0 Å². The smallest absolute Gasteiger partial charge is 0.410 e. The summed E-state index contributed by atoms with van der Waals surface area (Å²) in [6, 6.07) is 0. The lowest BCUT2D eigenvalue weighted by atomic mass is 10.1. The number of hydrogen-bond donors (Lipinski definition) is 0. The summed E-state index contributed by atoms with van der Waals surface area (Å²) >= 11 is 0. The molecule has 0 unspecified atom stereocenters. The van der Waals surface area contributed by atoms with Crippen LogP contribution in [0.2, 0.25) is 0 Å². The van der Waals surface area contributed by atoms with Gasteiger partial charge in [-0.3, -0.25) is 4.90 Å². The lowest BCUT2D eigenvalue weighted by Crippen LogP contribution is -2.61. The summed E-state index contributed by atoms with van der Waals surface area (Å²) in [5.41, 5.74) is 0. The lowest BCUT2D eigenvalue weighted by molar-refractivity contribution is -0.925. The highest BCUT2D eigenvalue weighted by Gasteiger charge is 2.33. The molecule has 0 radical (unpaired) electrons. The van der Waals surface area contributed by atoms with Crippen LogP contribution in [0.25, 0.3) is 0 Å². The van der Waals surface area contributed by atoms with Crippen LogP contribution in [-0.2, 0) is 4.74 Å². The Labute approximate surface area is 155 Å². The average Bonchev–Trinajstić information content (AvgIpc) is 2.61. The van der Waals surface area contributed by atoms with Crippen molar-refractivity contribution in [2.45, 2.75) is 71.6 Å². The van der Waals surface area contributed by atoms with Crippen molar-refractivity contribution in [1.29, 1.82) is 0 Å². The molecule has 0 N–H and O–H groups in total. The van der Waals surface area contributed by atoms with Gasteiger partial charge in [-0.2, -0.15) is 0 Å². The topological polar surface area (TPSA) is 29.5 Å². The lowest BCUT2D eigenvalue weighted by Gasteiger charge is -2.43. The van der Waals surface area contributed by atoms with Crippen molar-refractivity contribution in [3.63, 3.8) is 0 Å². The van der Waals surface area contributed by atoms with Crippen LogP contribution in [0.5, 0.6) is 0 Å². The van der Waals surface area contributed by atoms with Gasteiger partial charge in [0.1, 0.15) is 6.54 Å². The predicted octanol–water partition coefficient (Wildman–Crippen LogP) is 4.44. The number of piperazine rings is 1. The SMILES string of the molecule is C#CC[N+]1(CCCCCCCCCCC)CCN(C(=O)OCC)CC1. The number of unbranched alkanes of at least 4 members (excludes halogenated alkanes) is 8. The fraction of sp³-hybridized carbons (Fsp3) is 0.857. The minimum Gasteiger partial charge on any atom is -0.450 e. The van der Waals surface area contributed by atoms with Crippen molar-refractivity contribution < 1.29 is 14.0 Å². The Morgan fingerprint density at radius 1 is 1.00 bits per heavy atom. The Hall–Kier alpha value is -1.21. The molecule has 4 heteroatoms. The molecule has 144 valence electrons. The number of rotatable bonds is 12. The normalized spacial score (nSPS) is 16.4. The van der Waals surface area contributed by atoms with Crippen LogP contribution in [0.15, 0.2) is 0 Å². The number of nitrogens with zero attached hydrogens (tertiary/aromatic N) is 2. The number of amides is 1. The Bertz CT molecular complexity index is 395. The maximum atomic E-state index is 11.8. The second-order valence-electron chi connectivity index (χ2n) is 7.39. The number of carbonyl (C=O) groups excluding carboxylic acids is 1. The Morgan fingerprint density at radius 2 is 1.56 bits per heavy atom. The molecular weight excluding hydrogens is 312 g/mol. The third-order valence-corrected chi connectivity index (χ3v) is 5.38. The monoisotopic (exact) mass is 351 g/mol. The maximum absolute atomic E-state index is 11.8. The fourth-order valence-corrected chi connectivity index (χ4v) is 3.70. The standard InChI is InChI=1S/C21H39N2O2/c1-4-7-8-9-10-11-12-13-14-18-23(17-5-2)19-15-22(16-20-23)21(24)25-6-3/h2H,4,6-20H2,1,3H3/q+1. The van der Waals surface area contributed by atoms with Gasteiger partial charge in [-0.25, -0.2) is 4.79 Å². The summed E-state index contributed by atoms with van der Waals surface area (Å²) < 4.78 is 6.08. The molecule has 1 rings (SSSR count). The minimum absolute atomic E-state index is 0.177. The molecule has 1 aliphatic rings. The van der Waals surface area contributed by atoms with E-state index in [-0.39, 0.29) is 6.09 Å². The summed E-state index contributed by atoms with van der Waals surface area (Å²) in [6.45, 7) is 9.93. The van der Waals surface area contributed by atoms with Gasteiger partial charge in [0.25, 0.3) is 0 Å². The molecule has 0 aromatic rings. The van der Waals surface area contributed by atoms with E-state index in [2.05, 4.69) is 12.8 Å². The van der Waals surface area contributed by atoms with E-state index >= 15 is 0 Å². The Balaban J connectivity index is 2.22. The number of quaternary nitrogens is 1. The average molecular weight is 352 g/mol. The van der Waals surface area contributed by atoms with E-state index < -0.39 is 0 Å². The van der Waals surface area contributed by atoms with Crippen LogP contribution in [0.1, 0.15) is 71.6 Å². The van der Waals surface area contributed by atoms with Crippen LogP contribution < -0.4 is 0 Å². The highest BCUT2D eigenvalue weighted by molar-refractivity contribution is 5.67. The van der Waals surface area contributed by atoms with Gasteiger partial charge in [0.05, 0.1) is 39.3 Å². The van der Waals surface area contributed by atoms with E-state index in [1.54, 1.807) is 0 Å². The molecule has 0 aliphatic carbocycles. The van der Waals surface area contributed by atoms with Gasteiger partial charge in [-0.1, -0.05) is 51.9 Å². The zero-order valence-corrected chi connectivity index (χ0v) is 16.6. The van der Waals surface area contributed by atoms with Crippen molar-refractivity contribution in [1.82, 2.24) is 4.90 Å². The van der Waals surface area contributed by atoms with Crippen molar-refractivity contribution >= 4 is 6.09 Å². The molecule has 0 aromatic carbocycles. The molecule has 25 heavy (non-hydrogen) atoms. The van der Waals surface area contributed by atoms with E-state index in [4.69, 9.17) is 11.2 Å². The summed E-state index contributed by atoms with van der Waals surface area (Å²) in [5, 5.41) is 0. The van der Waals surface area contributed by atoms with E-state index in [1.165, 1.54) is 57.8 Å². The van der Waals surface area contributed by atoms with Gasteiger partial charge in [0.2, 0.25) is 0 Å². The largest absolute Gasteiger partial charge is 0.450 e. The number of hydrogen-bond acceptors (Lipinski definition) is 2. The molecule has 1 heterocycles. The first kappa shape index (κ1) is 21.8. The Kier molecular flexibility index (Phi) is 11.4. The molecule has 1 aliphatic heterocycles. The number of ether oxygens (including phenoxy) is 1. The quantitative estimate of drug-likeness (QED) is 0.295. The van der Waals surface area contributed by atoms with Crippen molar-refractivity contribution in [3.05, 3.63) is 0 Å². The first-order valence-corrected chi connectivity index (χ1v) is 10.4. The van der Waals surface area contributed by atoms with Crippen LogP contribution >= 0.6 is 0 Å². The molecule has 0 atom stereocenters. The van der Waals surface area contributed by atoms with E-state index in [0.29, 0.717) is 6.61 Å². The molecular formula is C21H39N2O2+. The highest BCUT2D eigenvalue weighted by atomic mass is 16.6. The maximum Gasteiger partial charge on any atom is 0.410 e. The third kappa shape index (κ3) is 8.63. The van der Waals surface area contributed by atoms with E-state index in [9.17, 15) is 4.79 Å². The van der Waals surface area contributed by atoms with Gasteiger partial charge in [0.15, 0.2) is 0 Å². The highest BCUT2D eigenvalue weighted by Crippen LogP contribution is 2.17. The molecule has 1 amide bonds. The van der Waals surface area contributed by atoms with Crippen LogP contribution in [0, 0.1) is 12.3 Å².